The van der Waals surface area contributed by atoms with Crippen molar-refractivity contribution in [1.29, 1.82) is 0 Å². The molecule has 0 saturated carbocycles. The summed E-state index contributed by atoms with van der Waals surface area (Å²) in [5.41, 5.74) is 6.58. The lowest BCUT2D eigenvalue weighted by Crippen LogP contribution is -2.36. The molecule has 6 N–H and O–H groups in total. The summed E-state index contributed by atoms with van der Waals surface area (Å²) in [6.45, 7) is 7.12. The number of aliphatic hydroxyl groups is 1. The first-order valence-electron chi connectivity index (χ1n) is 16.0. The van der Waals surface area contributed by atoms with Gasteiger partial charge in [0.15, 0.2) is 0 Å². The molecule has 0 heterocycles. The summed E-state index contributed by atoms with van der Waals surface area (Å²) in [4.78, 5) is 35.5. The van der Waals surface area contributed by atoms with E-state index in [0.717, 1.165) is 5.56 Å². The van der Waals surface area contributed by atoms with Gasteiger partial charge in [0.25, 0.3) is 0 Å². The highest BCUT2D eigenvalue weighted by Crippen LogP contribution is 2.09. The van der Waals surface area contributed by atoms with E-state index in [1.165, 1.54) is 0 Å². The minimum Gasteiger partial charge on any atom is -0.392 e. The molecule has 0 atom stereocenters. The van der Waals surface area contributed by atoms with E-state index < -0.39 is 17.7 Å². The molecule has 0 aliphatic carbocycles. The summed E-state index contributed by atoms with van der Waals surface area (Å²) in [7, 11) is 0. The number of carbonyl (C=O) groups is 3. The monoisotopic (exact) mass is 690 g/mol. The number of amides is 3. The van der Waals surface area contributed by atoms with Gasteiger partial charge in [0.2, 0.25) is 17.7 Å². The van der Waals surface area contributed by atoms with E-state index in [2.05, 4.69) is 16.0 Å². The first-order valence-corrected chi connectivity index (χ1v) is 16.0. The van der Waals surface area contributed by atoms with E-state index in [9.17, 15) is 14.4 Å². The van der Waals surface area contributed by atoms with Gasteiger partial charge in [-0.2, -0.15) is 0 Å². The predicted octanol–water partition coefficient (Wildman–Crippen LogP) is -1.54. The molecule has 0 spiro atoms. The number of hydrogen-bond acceptors (Lipinski definition) is 14. The third kappa shape index (κ3) is 28.2. The number of nitrogens with one attached hydrogen (secondary N) is 3. The Labute approximate surface area is 282 Å². The van der Waals surface area contributed by atoms with Crippen molar-refractivity contribution >= 4 is 23.4 Å². The van der Waals surface area contributed by atoms with Crippen molar-refractivity contribution in [2.75, 3.05) is 144 Å². The Bertz CT molecular complexity index is 928. The number of rotatable bonds is 34. The molecule has 0 unspecified atom stereocenters. The highest BCUT2D eigenvalue weighted by atomic mass is 16.6. The number of hydrogen-bond donors (Lipinski definition) is 5. The molecule has 1 aromatic rings. The van der Waals surface area contributed by atoms with Crippen molar-refractivity contribution in [3.05, 3.63) is 29.8 Å². The van der Waals surface area contributed by atoms with Gasteiger partial charge in [-0.25, -0.2) is 0 Å². The van der Waals surface area contributed by atoms with Gasteiger partial charge < -0.3 is 69.4 Å². The van der Waals surface area contributed by atoms with Gasteiger partial charge >= 0.3 is 0 Å². The topological polar surface area (TPSA) is 217 Å². The molecule has 0 aliphatic heterocycles. The molecule has 0 bridgehead atoms. The molecule has 0 aliphatic rings. The molecule has 0 aromatic heterocycles. The van der Waals surface area contributed by atoms with Crippen LogP contribution in [0.25, 0.3) is 0 Å². The predicted molar refractivity (Wildman–Crippen MR) is 173 cm³/mol. The molecular weight excluding hydrogens is 636 g/mol. The molecular formula is C31H54N4O13. The summed E-state index contributed by atoms with van der Waals surface area (Å²) in [6, 6.07) is 6.64. The SMILES string of the molecule is NCCOCCOCCOCCOCCOCCOCCOCCOCCNC(=O)COCC(=O)NCC(=O)Nc1ccc(CO)cc1. The fraction of sp³-hybridized carbons (Fsp3) is 0.710. The molecule has 17 heteroatoms. The molecule has 0 saturated heterocycles. The Balaban J connectivity index is 1.76. The van der Waals surface area contributed by atoms with Crippen LogP contribution in [-0.2, 0) is 63.6 Å². The lowest BCUT2D eigenvalue weighted by molar-refractivity contribution is -0.132. The van der Waals surface area contributed by atoms with Crippen LogP contribution >= 0.6 is 0 Å². The summed E-state index contributed by atoms with van der Waals surface area (Å²) in [5.74, 6) is -1.35. The Morgan fingerprint density at radius 2 is 0.917 bits per heavy atom. The van der Waals surface area contributed by atoms with Gasteiger partial charge in [-0.3, -0.25) is 14.4 Å². The molecule has 0 fully saturated rings. The molecule has 1 rings (SSSR count). The number of carbonyl (C=O) groups excluding carboxylic acids is 3. The van der Waals surface area contributed by atoms with Crippen LogP contribution < -0.4 is 21.7 Å². The molecule has 0 radical (unpaired) electrons. The molecule has 48 heavy (non-hydrogen) atoms. The summed E-state index contributed by atoms with van der Waals surface area (Å²) in [6.07, 6.45) is 0. The lowest BCUT2D eigenvalue weighted by Gasteiger charge is -2.09. The van der Waals surface area contributed by atoms with Gasteiger partial charge in [-0.1, -0.05) is 12.1 Å². The number of aliphatic hydroxyl groups excluding tert-OH is 1. The number of ether oxygens (including phenoxy) is 9. The second kappa shape index (κ2) is 32.7. The average molecular weight is 691 g/mol. The van der Waals surface area contributed by atoms with Gasteiger partial charge in [-0.05, 0) is 17.7 Å². The van der Waals surface area contributed by atoms with Crippen LogP contribution in [0.3, 0.4) is 0 Å². The minimum absolute atomic E-state index is 0.0924. The Morgan fingerprint density at radius 1 is 0.521 bits per heavy atom. The van der Waals surface area contributed by atoms with E-state index in [1.807, 2.05) is 0 Å². The summed E-state index contributed by atoms with van der Waals surface area (Å²) >= 11 is 0. The second-order valence-electron chi connectivity index (χ2n) is 9.71. The normalized spacial score (nSPS) is 11.0. The first-order chi connectivity index (χ1) is 23.5. The number of anilines is 1. The first kappa shape index (κ1) is 43.2. The molecule has 276 valence electrons. The van der Waals surface area contributed by atoms with Crippen molar-refractivity contribution in [2.24, 2.45) is 5.73 Å². The number of benzene rings is 1. The van der Waals surface area contributed by atoms with E-state index in [4.69, 9.17) is 53.5 Å². The highest BCUT2D eigenvalue weighted by molar-refractivity contribution is 5.94. The van der Waals surface area contributed by atoms with E-state index in [0.29, 0.717) is 118 Å². The second-order valence-corrected chi connectivity index (χ2v) is 9.71. The fourth-order valence-electron chi connectivity index (χ4n) is 3.40. The zero-order chi connectivity index (χ0) is 34.8. The quantitative estimate of drug-likeness (QED) is 0.0518. The molecule has 17 nitrogen and oxygen atoms in total. The van der Waals surface area contributed by atoms with Gasteiger partial charge in [-0.15, -0.1) is 0 Å². The van der Waals surface area contributed by atoms with Crippen LogP contribution in [-0.4, -0.2) is 161 Å². The van der Waals surface area contributed by atoms with Crippen molar-refractivity contribution in [1.82, 2.24) is 10.6 Å². The molecule has 1 aromatic carbocycles. The van der Waals surface area contributed by atoms with Crippen molar-refractivity contribution in [2.45, 2.75) is 6.61 Å². The van der Waals surface area contributed by atoms with Crippen LogP contribution in [0.1, 0.15) is 5.56 Å². The maximum Gasteiger partial charge on any atom is 0.246 e. The standard InChI is InChI=1S/C31H54N4O13/c32-5-7-40-9-11-42-13-15-44-17-19-46-21-22-47-20-18-45-16-14-43-12-10-41-8-6-33-30(38)25-48-26-31(39)34-23-29(37)35-28-3-1-27(24-36)2-4-28/h1-4,36H,5-26,32H2,(H,33,38)(H,34,39)(H,35,37). The fourth-order valence-corrected chi connectivity index (χ4v) is 3.40. The smallest absolute Gasteiger partial charge is 0.246 e. The van der Waals surface area contributed by atoms with Crippen LogP contribution in [0.4, 0.5) is 5.69 Å². The third-order valence-electron chi connectivity index (χ3n) is 5.77. The number of nitrogens with two attached hydrogens (primary N) is 1. The Kier molecular flexibility index (Phi) is 29.5. The maximum atomic E-state index is 11.9. The van der Waals surface area contributed by atoms with Crippen molar-refractivity contribution < 1.29 is 62.1 Å². The maximum absolute atomic E-state index is 11.9. The van der Waals surface area contributed by atoms with Gasteiger partial charge in [0, 0.05) is 18.8 Å². The van der Waals surface area contributed by atoms with Gasteiger partial charge in [0.05, 0.1) is 119 Å². The summed E-state index contributed by atoms with van der Waals surface area (Å²) in [5, 5.41) is 16.7. The van der Waals surface area contributed by atoms with Crippen LogP contribution in [0.2, 0.25) is 0 Å². The van der Waals surface area contributed by atoms with E-state index in [1.54, 1.807) is 24.3 Å². The summed E-state index contributed by atoms with van der Waals surface area (Å²) < 4.78 is 48.1. The lowest BCUT2D eigenvalue weighted by atomic mass is 10.2. The van der Waals surface area contributed by atoms with Crippen LogP contribution in [0.15, 0.2) is 24.3 Å². The van der Waals surface area contributed by atoms with E-state index in [-0.39, 0.29) is 32.9 Å². The van der Waals surface area contributed by atoms with Crippen molar-refractivity contribution in [3.8, 4) is 0 Å². The minimum atomic E-state index is -0.533. The van der Waals surface area contributed by atoms with Crippen LogP contribution in [0, 0.1) is 0 Å². The average Bonchev–Trinajstić information content (AvgIpc) is 3.09. The highest BCUT2D eigenvalue weighted by Gasteiger charge is 2.08. The van der Waals surface area contributed by atoms with E-state index >= 15 is 0 Å². The zero-order valence-electron chi connectivity index (χ0n) is 27.8. The Morgan fingerprint density at radius 3 is 1.33 bits per heavy atom. The largest absolute Gasteiger partial charge is 0.392 e. The third-order valence-corrected chi connectivity index (χ3v) is 5.77. The molecule has 3 amide bonds. The van der Waals surface area contributed by atoms with Gasteiger partial charge in [0.1, 0.15) is 13.2 Å². The van der Waals surface area contributed by atoms with Crippen LogP contribution in [0.5, 0.6) is 0 Å². The zero-order valence-corrected chi connectivity index (χ0v) is 27.8. The van der Waals surface area contributed by atoms with Crippen molar-refractivity contribution in [3.63, 3.8) is 0 Å². The Hall–Kier alpha value is -2.81.